The Morgan fingerprint density at radius 1 is 1.36 bits per heavy atom. The molecule has 0 aliphatic rings. The van der Waals surface area contributed by atoms with Crippen molar-refractivity contribution in [3.8, 4) is 0 Å². The van der Waals surface area contributed by atoms with Gasteiger partial charge in [-0.2, -0.15) is 0 Å². The molecule has 0 aromatic rings. The van der Waals surface area contributed by atoms with Gasteiger partial charge >= 0.3 is 0 Å². The molecule has 0 fully saturated rings. The molecule has 0 saturated heterocycles. The first kappa shape index (κ1) is 13.4. The van der Waals surface area contributed by atoms with E-state index < -0.39 is 12.1 Å². The Kier molecular flexibility index (Phi) is 5.72. The second kappa shape index (κ2) is 5.98. The van der Waals surface area contributed by atoms with Crippen molar-refractivity contribution in [2.45, 2.75) is 52.3 Å². The van der Waals surface area contributed by atoms with E-state index in [9.17, 15) is 4.79 Å². The largest absolute Gasteiger partial charge is 0.393 e. The Morgan fingerprint density at radius 3 is 2.21 bits per heavy atom. The van der Waals surface area contributed by atoms with E-state index in [-0.39, 0.29) is 17.9 Å². The van der Waals surface area contributed by atoms with Crippen LogP contribution < -0.4 is 11.1 Å². The molecule has 0 radical (unpaired) electrons. The van der Waals surface area contributed by atoms with Crippen molar-refractivity contribution < 1.29 is 9.90 Å². The van der Waals surface area contributed by atoms with Crippen molar-refractivity contribution in [2.24, 2.45) is 11.7 Å². The zero-order valence-electron chi connectivity index (χ0n) is 9.45. The van der Waals surface area contributed by atoms with Crippen LogP contribution in [0.15, 0.2) is 0 Å². The topological polar surface area (TPSA) is 75.3 Å². The van der Waals surface area contributed by atoms with Crippen LogP contribution in [0.3, 0.4) is 0 Å². The Hall–Kier alpha value is -0.610. The minimum atomic E-state index is -0.466. The van der Waals surface area contributed by atoms with Crippen LogP contribution in [0, 0.1) is 5.92 Å². The van der Waals surface area contributed by atoms with Crippen molar-refractivity contribution in [3.05, 3.63) is 0 Å². The Morgan fingerprint density at radius 2 is 1.86 bits per heavy atom. The molecular formula is C10H22N2O2. The molecule has 14 heavy (non-hydrogen) atoms. The van der Waals surface area contributed by atoms with Gasteiger partial charge in [0.05, 0.1) is 12.1 Å². The van der Waals surface area contributed by atoms with E-state index >= 15 is 0 Å². The lowest BCUT2D eigenvalue weighted by Crippen LogP contribution is -2.47. The van der Waals surface area contributed by atoms with E-state index in [4.69, 9.17) is 10.8 Å². The molecule has 0 bridgehead atoms. The van der Waals surface area contributed by atoms with E-state index in [0.717, 1.165) is 0 Å². The van der Waals surface area contributed by atoms with E-state index in [0.29, 0.717) is 6.42 Å². The summed E-state index contributed by atoms with van der Waals surface area (Å²) in [5, 5.41) is 11.9. The number of carbonyl (C=O) groups excluding carboxylic acids is 1. The van der Waals surface area contributed by atoms with E-state index in [1.807, 2.05) is 20.8 Å². The van der Waals surface area contributed by atoms with Crippen LogP contribution in [0.2, 0.25) is 0 Å². The summed E-state index contributed by atoms with van der Waals surface area (Å²) in [4.78, 5) is 11.5. The van der Waals surface area contributed by atoms with Gasteiger partial charge in [0.15, 0.2) is 0 Å². The van der Waals surface area contributed by atoms with Crippen LogP contribution in [0.4, 0.5) is 0 Å². The fourth-order valence-electron chi connectivity index (χ4n) is 1.21. The van der Waals surface area contributed by atoms with E-state index in [2.05, 4.69) is 5.32 Å². The van der Waals surface area contributed by atoms with Crippen LogP contribution in [0.5, 0.6) is 0 Å². The second-order valence-corrected chi connectivity index (χ2v) is 4.26. The molecule has 1 amide bonds. The van der Waals surface area contributed by atoms with Gasteiger partial charge < -0.3 is 16.2 Å². The Labute approximate surface area is 85.9 Å². The first-order valence-corrected chi connectivity index (χ1v) is 5.08. The lowest BCUT2D eigenvalue weighted by molar-refractivity contribution is -0.124. The number of hydrogen-bond donors (Lipinski definition) is 3. The Bertz CT molecular complexity index is 181. The maximum atomic E-state index is 11.5. The average Bonchev–Trinajstić information content (AvgIpc) is 2.00. The summed E-state index contributed by atoms with van der Waals surface area (Å²) in [6.45, 7) is 7.37. The molecule has 4 heteroatoms. The molecule has 2 unspecified atom stereocenters. The van der Waals surface area contributed by atoms with Gasteiger partial charge in [0.1, 0.15) is 0 Å². The summed E-state index contributed by atoms with van der Waals surface area (Å²) < 4.78 is 0. The summed E-state index contributed by atoms with van der Waals surface area (Å²) in [5.41, 5.74) is 5.66. The quantitative estimate of drug-likeness (QED) is 0.598. The van der Waals surface area contributed by atoms with Crippen LogP contribution in [-0.4, -0.2) is 29.2 Å². The number of aliphatic hydroxyl groups is 1. The third kappa shape index (κ3) is 5.19. The smallest absolute Gasteiger partial charge is 0.237 e. The van der Waals surface area contributed by atoms with Crippen molar-refractivity contribution in [1.29, 1.82) is 0 Å². The van der Waals surface area contributed by atoms with Crippen LogP contribution >= 0.6 is 0 Å². The summed E-state index contributed by atoms with van der Waals surface area (Å²) >= 11 is 0. The summed E-state index contributed by atoms with van der Waals surface area (Å²) in [6, 6.07) is -0.501. The van der Waals surface area contributed by atoms with Gasteiger partial charge in [-0.15, -0.1) is 0 Å². The zero-order chi connectivity index (χ0) is 11.3. The normalized spacial score (nSPS) is 17.6. The summed E-state index contributed by atoms with van der Waals surface area (Å²) in [6.07, 6.45) is 0.150. The predicted molar refractivity (Wildman–Crippen MR) is 56.7 cm³/mol. The number of hydrogen-bond acceptors (Lipinski definition) is 3. The average molecular weight is 202 g/mol. The maximum Gasteiger partial charge on any atom is 0.237 e. The fourth-order valence-corrected chi connectivity index (χ4v) is 1.21. The highest BCUT2D eigenvalue weighted by atomic mass is 16.3. The molecule has 0 spiro atoms. The zero-order valence-corrected chi connectivity index (χ0v) is 9.45. The molecule has 0 aliphatic carbocycles. The first-order chi connectivity index (χ1) is 6.34. The summed E-state index contributed by atoms with van der Waals surface area (Å²) in [7, 11) is 0. The van der Waals surface area contributed by atoms with Gasteiger partial charge in [-0.1, -0.05) is 13.8 Å². The lowest BCUT2D eigenvalue weighted by atomic mass is 10.0. The van der Waals surface area contributed by atoms with Gasteiger partial charge in [0, 0.05) is 6.04 Å². The third-order valence-corrected chi connectivity index (χ3v) is 2.10. The number of nitrogens with one attached hydrogen (secondary N) is 1. The summed E-state index contributed by atoms with van der Waals surface area (Å²) in [5.74, 6) is -0.0121. The molecule has 0 aromatic carbocycles. The predicted octanol–water partition coefficient (Wildman–Crippen LogP) is 0.245. The lowest BCUT2D eigenvalue weighted by Gasteiger charge is -2.20. The van der Waals surface area contributed by atoms with Gasteiger partial charge in [-0.05, 0) is 26.2 Å². The third-order valence-electron chi connectivity index (χ3n) is 2.10. The molecule has 4 nitrogen and oxygen atoms in total. The standard InChI is InChI=1S/C10H22N2O2/c1-6(2)9(11)10(14)12-7(3)5-8(4)13/h6-9,13H,5,11H2,1-4H3,(H,12,14)/t7?,8?,9-/m0/s1. The van der Waals surface area contributed by atoms with Crippen molar-refractivity contribution in [1.82, 2.24) is 5.32 Å². The van der Waals surface area contributed by atoms with Crippen molar-refractivity contribution in [3.63, 3.8) is 0 Å². The highest BCUT2D eigenvalue weighted by Gasteiger charge is 2.19. The number of aliphatic hydroxyl groups excluding tert-OH is 1. The van der Waals surface area contributed by atoms with E-state index in [1.54, 1.807) is 6.92 Å². The molecular weight excluding hydrogens is 180 g/mol. The van der Waals surface area contributed by atoms with Crippen LogP contribution in [0.25, 0.3) is 0 Å². The maximum absolute atomic E-state index is 11.5. The van der Waals surface area contributed by atoms with Crippen molar-refractivity contribution in [2.75, 3.05) is 0 Å². The van der Waals surface area contributed by atoms with Gasteiger partial charge in [0.25, 0.3) is 0 Å². The van der Waals surface area contributed by atoms with Gasteiger partial charge in [0.2, 0.25) is 5.91 Å². The monoisotopic (exact) mass is 202 g/mol. The fraction of sp³-hybridized carbons (Fsp3) is 0.900. The highest BCUT2D eigenvalue weighted by Crippen LogP contribution is 2.01. The molecule has 4 N–H and O–H groups in total. The van der Waals surface area contributed by atoms with Gasteiger partial charge in [-0.25, -0.2) is 0 Å². The molecule has 0 heterocycles. The molecule has 84 valence electrons. The molecule has 0 rings (SSSR count). The molecule has 0 aliphatic heterocycles. The SMILES string of the molecule is CC(O)CC(C)NC(=O)[C@@H](N)C(C)C. The highest BCUT2D eigenvalue weighted by molar-refractivity contribution is 5.81. The molecule has 0 aromatic heterocycles. The number of carbonyl (C=O) groups is 1. The Balaban J connectivity index is 3.93. The van der Waals surface area contributed by atoms with Gasteiger partial charge in [-0.3, -0.25) is 4.79 Å². The van der Waals surface area contributed by atoms with Crippen LogP contribution in [0.1, 0.15) is 34.1 Å². The number of amides is 1. The first-order valence-electron chi connectivity index (χ1n) is 5.08. The van der Waals surface area contributed by atoms with Crippen molar-refractivity contribution >= 4 is 5.91 Å². The van der Waals surface area contributed by atoms with E-state index in [1.165, 1.54) is 0 Å². The second-order valence-electron chi connectivity index (χ2n) is 4.26. The number of nitrogens with two attached hydrogens (primary N) is 1. The molecule has 0 saturated carbocycles. The molecule has 3 atom stereocenters. The minimum absolute atomic E-state index is 0.0349. The minimum Gasteiger partial charge on any atom is -0.393 e. The number of rotatable bonds is 5. The van der Waals surface area contributed by atoms with Crippen LogP contribution in [-0.2, 0) is 4.79 Å².